The Bertz CT molecular complexity index is 1470. The molecule has 190 valence electrons. The van der Waals surface area contributed by atoms with E-state index in [1.807, 2.05) is 34.9 Å². The highest BCUT2D eigenvalue weighted by Gasteiger charge is 2.25. The Morgan fingerprint density at radius 2 is 1.65 bits per heavy atom. The summed E-state index contributed by atoms with van der Waals surface area (Å²) in [4.78, 5) is 36.7. The van der Waals surface area contributed by atoms with Gasteiger partial charge in [-0.1, -0.05) is 36.4 Å². The number of benzene rings is 3. The van der Waals surface area contributed by atoms with Gasteiger partial charge in [-0.25, -0.2) is 4.79 Å². The first-order chi connectivity index (χ1) is 17.5. The maximum Gasteiger partial charge on any atom is 0.338 e. The van der Waals surface area contributed by atoms with Crippen LogP contribution in [0.2, 0.25) is 0 Å². The minimum Gasteiger partial charge on any atom is -0.459 e. The topological polar surface area (TPSA) is 101 Å². The predicted octanol–water partition coefficient (Wildman–Crippen LogP) is 6.48. The number of rotatable bonds is 7. The van der Waals surface area contributed by atoms with Gasteiger partial charge >= 0.3 is 11.9 Å². The molecule has 8 nitrogen and oxygen atoms in total. The lowest BCUT2D eigenvalue weighted by Gasteiger charge is -2.21. The fourth-order valence-electron chi connectivity index (χ4n) is 4.19. The summed E-state index contributed by atoms with van der Waals surface area (Å²) in [5, 5.41) is 12.7. The summed E-state index contributed by atoms with van der Waals surface area (Å²) in [6.45, 7) is 6.98. The highest BCUT2D eigenvalue weighted by Crippen LogP contribution is 2.35. The second-order valence-electron chi connectivity index (χ2n) is 9.71. The molecule has 0 spiro atoms. The number of carbonyl (C=O) groups excluding carboxylic acids is 2. The second-order valence-corrected chi connectivity index (χ2v) is 9.71. The van der Waals surface area contributed by atoms with E-state index in [1.54, 1.807) is 70.2 Å². The maximum atomic E-state index is 12.7. The van der Waals surface area contributed by atoms with Gasteiger partial charge in [-0.15, -0.1) is 0 Å². The van der Waals surface area contributed by atoms with Gasteiger partial charge in [0.05, 0.1) is 16.1 Å². The Labute approximate surface area is 214 Å². The van der Waals surface area contributed by atoms with Crippen molar-refractivity contribution in [3.63, 3.8) is 0 Å². The van der Waals surface area contributed by atoms with Gasteiger partial charge in [-0.3, -0.25) is 14.9 Å². The molecule has 37 heavy (non-hydrogen) atoms. The molecule has 0 saturated heterocycles. The zero-order valence-corrected chi connectivity index (χ0v) is 21.1. The van der Waals surface area contributed by atoms with Crippen LogP contribution in [0, 0.1) is 10.1 Å². The van der Waals surface area contributed by atoms with Gasteiger partial charge in [0, 0.05) is 22.7 Å². The van der Waals surface area contributed by atoms with Gasteiger partial charge in [0.2, 0.25) is 0 Å². The van der Waals surface area contributed by atoms with E-state index in [1.165, 1.54) is 6.07 Å². The molecule has 8 heteroatoms. The van der Waals surface area contributed by atoms with Gasteiger partial charge in [0.25, 0.3) is 5.69 Å². The number of nitro groups is 1. The van der Waals surface area contributed by atoms with E-state index in [4.69, 9.17) is 9.47 Å². The first-order valence-corrected chi connectivity index (χ1v) is 11.9. The average Bonchev–Trinajstić information content (AvgIpc) is 3.21. The van der Waals surface area contributed by atoms with Crippen LogP contribution in [-0.2, 0) is 20.8 Å². The molecule has 0 aliphatic carbocycles. The standard InChI is InChI=1S/C29H28N2O6/c1-19(36-28(33)20-10-6-5-7-11-20)23-16-22(14-15-25(23)31(34)35)26-17-21-12-8-9-13-24(21)30(26)18-27(32)37-29(2,3)4/h5-17,19H,18H2,1-4H3. The number of ether oxygens (including phenoxy) is 2. The molecular formula is C29H28N2O6. The molecule has 0 N–H and O–H groups in total. The summed E-state index contributed by atoms with van der Waals surface area (Å²) in [7, 11) is 0. The molecule has 0 bridgehead atoms. The molecule has 0 aliphatic heterocycles. The van der Waals surface area contributed by atoms with E-state index >= 15 is 0 Å². The summed E-state index contributed by atoms with van der Waals surface area (Å²) < 4.78 is 13.0. The minimum absolute atomic E-state index is 0.0367. The van der Waals surface area contributed by atoms with Crippen molar-refractivity contribution < 1.29 is 24.0 Å². The first-order valence-electron chi connectivity index (χ1n) is 11.9. The van der Waals surface area contributed by atoms with Gasteiger partial charge in [0.15, 0.2) is 0 Å². The SMILES string of the molecule is CC(OC(=O)c1ccccc1)c1cc(-c2cc3ccccc3n2CC(=O)OC(C)(C)C)ccc1[N+](=O)[O-]. The number of carbonyl (C=O) groups is 2. The molecule has 0 amide bonds. The molecule has 0 fully saturated rings. The van der Waals surface area contributed by atoms with Crippen LogP contribution in [0.4, 0.5) is 5.69 Å². The molecule has 3 aromatic carbocycles. The van der Waals surface area contributed by atoms with E-state index < -0.39 is 28.6 Å². The number of hydrogen-bond acceptors (Lipinski definition) is 6. The highest BCUT2D eigenvalue weighted by molar-refractivity contribution is 5.90. The fraction of sp³-hybridized carbons (Fsp3) is 0.241. The lowest BCUT2D eigenvalue weighted by molar-refractivity contribution is -0.386. The Balaban J connectivity index is 1.75. The third kappa shape index (κ3) is 5.86. The Morgan fingerprint density at radius 1 is 0.973 bits per heavy atom. The van der Waals surface area contributed by atoms with Crippen molar-refractivity contribution in [3.05, 3.63) is 100 Å². The molecule has 1 aromatic heterocycles. The van der Waals surface area contributed by atoms with E-state index in [2.05, 4.69) is 0 Å². The van der Waals surface area contributed by atoms with Crippen LogP contribution in [0.5, 0.6) is 0 Å². The van der Waals surface area contributed by atoms with Crippen LogP contribution < -0.4 is 0 Å². The van der Waals surface area contributed by atoms with Crippen molar-refractivity contribution in [1.29, 1.82) is 0 Å². The summed E-state index contributed by atoms with van der Waals surface area (Å²) in [5.41, 5.74) is 1.96. The average molecular weight is 501 g/mol. The number of hydrogen-bond donors (Lipinski definition) is 0. The monoisotopic (exact) mass is 500 g/mol. The second kappa shape index (κ2) is 10.3. The first kappa shape index (κ1) is 25.6. The molecular weight excluding hydrogens is 472 g/mol. The molecule has 1 atom stereocenters. The normalized spacial score (nSPS) is 12.2. The summed E-state index contributed by atoms with van der Waals surface area (Å²) >= 11 is 0. The smallest absolute Gasteiger partial charge is 0.338 e. The quantitative estimate of drug-likeness (QED) is 0.164. The molecule has 4 aromatic rings. The third-order valence-electron chi connectivity index (χ3n) is 5.77. The number of aromatic nitrogens is 1. The van der Waals surface area contributed by atoms with Crippen LogP contribution in [0.15, 0.2) is 78.9 Å². The largest absolute Gasteiger partial charge is 0.459 e. The third-order valence-corrected chi connectivity index (χ3v) is 5.77. The Kier molecular flexibility index (Phi) is 7.11. The summed E-state index contributed by atoms with van der Waals surface area (Å²) in [6.07, 6.45) is -0.892. The van der Waals surface area contributed by atoms with Crippen molar-refractivity contribution in [2.24, 2.45) is 0 Å². The molecule has 1 heterocycles. The molecule has 0 aliphatic rings. The van der Waals surface area contributed by atoms with Crippen LogP contribution in [0.25, 0.3) is 22.2 Å². The number of nitrogens with zero attached hydrogens (tertiary/aromatic N) is 2. The number of para-hydroxylation sites is 1. The van der Waals surface area contributed by atoms with E-state index in [9.17, 15) is 19.7 Å². The Morgan fingerprint density at radius 3 is 2.32 bits per heavy atom. The van der Waals surface area contributed by atoms with Crippen LogP contribution in [0.3, 0.4) is 0 Å². The molecule has 1 unspecified atom stereocenters. The predicted molar refractivity (Wildman–Crippen MR) is 140 cm³/mol. The number of fused-ring (bicyclic) bond motifs is 1. The van der Waals surface area contributed by atoms with E-state index in [0.717, 1.165) is 10.9 Å². The zero-order chi connectivity index (χ0) is 26.7. The van der Waals surface area contributed by atoms with E-state index in [0.29, 0.717) is 16.8 Å². The van der Waals surface area contributed by atoms with Crippen LogP contribution in [0.1, 0.15) is 49.7 Å². The molecule has 0 saturated carbocycles. The van der Waals surface area contributed by atoms with Crippen molar-refractivity contribution in [2.75, 3.05) is 0 Å². The summed E-state index contributed by atoms with van der Waals surface area (Å²) in [5.74, 6) is -0.978. The summed E-state index contributed by atoms with van der Waals surface area (Å²) in [6, 6.07) is 22.7. The lowest BCUT2D eigenvalue weighted by atomic mass is 10.0. The number of nitro benzene ring substituents is 1. The van der Waals surface area contributed by atoms with Crippen LogP contribution in [-0.4, -0.2) is 27.0 Å². The Hall–Kier alpha value is -4.46. The van der Waals surface area contributed by atoms with Crippen molar-refractivity contribution in [2.45, 2.75) is 45.9 Å². The maximum absolute atomic E-state index is 12.7. The van der Waals surface area contributed by atoms with Crippen molar-refractivity contribution in [3.8, 4) is 11.3 Å². The zero-order valence-electron chi connectivity index (χ0n) is 21.1. The lowest BCUT2D eigenvalue weighted by Crippen LogP contribution is -2.26. The van der Waals surface area contributed by atoms with Gasteiger partial charge < -0.3 is 14.0 Å². The van der Waals surface area contributed by atoms with Gasteiger partial charge in [0.1, 0.15) is 18.2 Å². The highest BCUT2D eigenvalue weighted by atomic mass is 16.6. The fourth-order valence-corrected chi connectivity index (χ4v) is 4.19. The minimum atomic E-state index is -0.892. The molecule has 4 rings (SSSR count). The molecule has 0 radical (unpaired) electrons. The van der Waals surface area contributed by atoms with Gasteiger partial charge in [-0.05, 0) is 69.7 Å². The van der Waals surface area contributed by atoms with Gasteiger partial charge in [-0.2, -0.15) is 0 Å². The van der Waals surface area contributed by atoms with Crippen LogP contribution >= 0.6 is 0 Å². The van der Waals surface area contributed by atoms with Crippen molar-refractivity contribution >= 4 is 28.5 Å². The number of esters is 2. The van der Waals surface area contributed by atoms with Crippen molar-refractivity contribution in [1.82, 2.24) is 4.57 Å². The van der Waals surface area contributed by atoms with E-state index in [-0.39, 0.29) is 17.8 Å².